The van der Waals surface area contributed by atoms with E-state index in [0.717, 1.165) is 45.1 Å². The Morgan fingerprint density at radius 2 is 1.86 bits per heavy atom. The molecule has 0 bridgehead atoms. The van der Waals surface area contributed by atoms with Gasteiger partial charge in [0.1, 0.15) is 11.6 Å². The molecule has 35 heavy (non-hydrogen) atoms. The standard InChI is InChI=1S/C25H43N7O3/c1-3-20(4-2)32-11-10-25(17-26,18-32)30-22(33)21(16-19-8-6-5-7-9-19)28-24(29-23(27)34)31-12-14-35-15-13-31/h19-21H,3-16,18H2,1-2H3,(H,30,33)(H3,27,28,29,34). The van der Waals surface area contributed by atoms with E-state index in [1.165, 1.54) is 6.42 Å². The van der Waals surface area contributed by atoms with E-state index in [2.05, 4.69) is 40.4 Å². The molecule has 196 valence electrons. The van der Waals surface area contributed by atoms with Gasteiger partial charge in [-0.05, 0) is 31.6 Å². The topological polar surface area (TPSA) is 136 Å². The molecule has 2 unspecified atom stereocenters. The maximum absolute atomic E-state index is 13.7. The summed E-state index contributed by atoms with van der Waals surface area (Å²) in [5, 5.41) is 16.5. The van der Waals surface area contributed by atoms with Gasteiger partial charge in [-0.3, -0.25) is 9.69 Å². The number of urea groups is 1. The number of primary amides is 1. The summed E-state index contributed by atoms with van der Waals surface area (Å²) in [5.74, 6) is 0.510. The normalized spacial score (nSPS) is 25.3. The molecule has 3 rings (SSSR count). The first kappa shape index (κ1) is 27.2. The van der Waals surface area contributed by atoms with E-state index in [0.29, 0.717) is 63.6 Å². The Hall–Kier alpha value is -2.38. The number of hydrogen-bond donors (Lipinski definition) is 3. The molecule has 0 aromatic carbocycles. The van der Waals surface area contributed by atoms with Crippen molar-refractivity contribution in [1.29, 1.82) is 5.26 Å². The van der Waals surface area contributed by atoms with Gasteiger partial charge in [0.25, 0.3) is 0 Å². The second-order valence-corrected chi connectivity index (χ2v) is 10.2. The van der Waals surface area contributed by atoms with Crippen LogP contribution in [0, 0.1) is 17.2 Å². The van der Waals surface area contributed by atoms with Crippen LogP contribution in [0.2, 0.25) is 0 Å². The molecule has 3 aliphatic rings. The fourth-order valence-electron chi connectivity index (χ4n) is 5.72. The largest absolute Gasteiger partial charge is 0.378 e. The number of morpholine rings is 1. The number of hydrogen-bond acceptors (Lipinski definition) is 5. The molecule has 10 heteroatoms. The first-order chi connectivity index (χ1) is 16.9. The Morgan fingerprint density at radius 1 is 1.17 bits per heavy atom. The monoisotopic (exact) mass is 489 g/mol. The molecule has 2 heterocycles. The zero-order valence-corrected chi connectivity index (χ0v) is 21.4. The van der Waals surface area contributed by atoms with Gasteiger partial charge in [0, 0.05) is 32.2 Å². The Labute approximate surface area is 209 Å². The average molecular weight is 490 g/mol. The van der Waals surface area contributed by atoms with E-state index in [1.54, 1.807) is 0 Å². The minimum atomic E-state index is -0.911. The Balaban J connectivity index is 1.77. The van der Waals surface area contributed by atoms with E-state index in [1.807, 2.05) is 4.90 Å². The number of nitrogens with two attached hydrogens (primary N) is 1. The second kappa shape index (κ2) is 13.1. The molecular formula is C25H43N7O3. The fourth-order valence-corrected chi connectivity index (χ4v) is 5.72. The van der Waals surface area contributed by atoms with Crippen molar-refractivity contribution in [2.24, 2.45) is 16.6 Å². The molecule has 10 nitrogen and oxygen atoms in total. The van der Waals surface area contributed by atoms with Crippen LogP contribution in [0.25, 0.3) is 0 Å². The average Bonchev–Trinajstić information content (AvgIpc) is 3.29. The zero-order valence-electron chi connectivity index (χ0n) is 21.4. The van der Waals surface area contributed by atoms with Crippen molar-refractivity contribution in [2.45, 2.75) is 89.3 Å². The van der Waals surface area contributed by atoms with Crippen LogP contribution >= 0.6 is 0 Å². The van der Waals surface area contributed by atoms with Gasteiger partial charge >= 0.3 is 6.03 Å². The number of carbonyl (C=O) groups is 2. The van der Waals surface area contributed by atoms with Crippen LogP contribution in [0.3, 0.4) is 0 Å². The summed E-state index contributed by atoms with van der Waals surface area (Å²) in [6, 6.07) is 1.42. The lowest BCUT2D eigenvalue weighted by molar-refractivity contribution is -0.124. The molecule has 3 fully saturated rings. The molecule has 2 saturated heterocycles. The van der Waals surface area contributed by atoms with Crippen LogP contribution in [0.15, 0.2) is 4.99 Å². The number of rotatable bonds is 8. The SMILES string of the molecule is CCC(CC)N1CCC(C#N)(NC(=O)C(CC2CCCCC2)N/C(=N/C(N)=O)N2CCOCC2)C1. The van der Waals surface area contributed by atoms with E-state index in [9.17, 15) is 14.9 Å². The van der Waals surface area contributed by atoms with Gasteiger partial charge < -0.3 is 26.0 Å². The van der Waals surface area contributed by atoms with E-state index in [-0.39, 0.29) is 5.91 Å². The van der Waals surface area contributed by atoms with E-state index >= 15 is 0 Å². The number of nitrogens with zero attached hydrogens (tertiary/aromatic N) is 4. The van der Waals surface area contributed by atoms with Gasteiger partial charge in [0.15, 0.2) is 0 Å². The van der Waals surface area contributed by atoms with Crippen molar-refractivity contribution in [2.75, 3.05) is 39.4 Å². The van der Waals surface area contributed by atoms with Crippen molar-refractivity contribution < 1.29 is 14.3 Å². The number of nitrogens with one attached hydrogen (secondary N) is 2. The number of guanidine groups is 1. The molecule has 2 aliphatic heterocycles. The van der Waals surface area contributed by atoms with Crippen LogP contribution < -0.4 is 16.4 Å². The summed E-state index contributed by atoms with van der Waals surface area (Å²) in [6.45, 7) is 7.80. The van der Waals surface area contributed by atoms with Crippen molar-refractivity contribution in [3.8, 4) is 6.07 Å². The third-order valence-electron chi connectivity index (χ3n) is 7.77. The van der Waals surface area contributed by atoms with Gasteiger partial charge in [-0.1, -0.05) is 46.0 Å². The molecule has 0 aromatic rings. The number of likely N-dealkylation sites (tertiary alicyclic amines) is 1. The summed E-state index contributed by atoms with van der Waals surface area (Å²) in [6.07, 6.45) is 8.99. The third kappa shape index (κ3) is 7.55. The zero-order chi connectivity index (χ0) is 25.3. The van der Waals surface area contributed by atoms with Gasteiger partial charge in [-0.2, -0.15) is 10.3 Å². The van der Waals surface area contributed by atoms with Crippen molar-refractivity contribution in [3.63, 3.8) is 0 Å². The van der Waals surface area contributed by atoms with Gasteiger partial charge in [0.2, 0.25) is 11.9 Å². The fraction of sp³-hybridized carbons (Fsp3) is 0.840. The Morgan fingerprint density at radius 3 is 2.46 bits per heavy atom. The lowest BCUT2D eigenvalue weighted by atomic mass is 9.84. The molecule has 0 aromatic heterocycles. The van der Waals surface area contributed by atoms with Gasteiger partial charge in [0.05, 0.1) is 19.3 Å². The molecule has 3 amide bonds. The summed E-state index contributed by atoms with van der Waals surface area (Å²) in [4.78, 5) is 33.6. The second-order valence-electron chi connectivity index (χ2n) is 10.2. The van der Waals surface area contributed by atoms with E-state index in [4.69, 9.17) is 10.5 Å². The number of aliphatic imine (C=N–C) groups is 1. The summed E-state index contributed by atoms with van der Waals surface area (Å²) >= 11 is 0. The van der Waals surface area contributed by atoms with Crippen LogP contribution in [0.4, 0.5) is 4.79 Å². The molecule has 4 N–H and O–H groups in total. The molecule has 2 atom stereocenters. The predicted octanol–water partition coefficient (Wildman–Crippen LogP) is 1.95. The van der Waals surface area contributed by atoms with Crippen molar-refractivity contribution in [1.82, 2.24) is 20.4 Å². The lowest BCUT2D eigenvalue weighted by Gasteiger charge is -2.34. The number of amides is 3. The first-order valence-corrected chi connectivity index (χ1v) is 13.3. The van der Waals surface area contributed by atoms with Crippen LogP contribution in [-0.2, 0) is 9.53 Å². The van der Waals surface area contributed by atoms with Crippen LogP contribution in [0.1, 0.15) is 71.6 Å². The molecule has 0 radical (unpaired) electrons. The number of nitriles is 1. The van der Waals surface area contributed by atoms with Gasteiger partial charge in [-0.25, -0.2) is 4.79 Å². The molecular weight excluding hydrogens is 446 g/mol. The minimum absolute atomic E-state index is 0.214. The van der Waals surface area contributed by atoms with Crippen LogP contribution in [0.5, 0.6) is 0 Å². The van der Waals surface area contributed by atoms with Crippen LogP contribution in [-0.4, -0.2) is 84.7 Å². The minimum Gasteiger partial charge on any atom is -0.378 e. The molecule has 1 saturated carbocycles. The summed E-state index contributed by atoms with van der Waals surface area (Å²) < 4.78 is 5.43. The Bertz CT molecular complexity index is 782. The predicted molar refractivity (Wildman–Crippen MR) is 135 cm³/mol. The highest BCUT2D eigenvalue weighted by molar-refractivity contribution is 5.95. The smallest absolute Gasteiger partial charge is 0.341 e. The van der Waals surface area contributed by atoms with Crippen molar-refractivity contribution in [3.05, 3.63) is 0 Å². The van der Waals surface area contributed by atoms with Gasteiger partial charge in [-0.15, -0.1) is 0 Å². The maximum atomic E-state index is 13.7. The number of carbonyl (C=O) groups excluding carboxylic acids is 2. The van der Waals surface area contributed by atoms with Crippen molar-refractivity contribution >= 4 is 17.9 Å². The third-order valence-corrected chi connectivity index (χ3v) is 7.77. The summed E-state index contributed by atoms with van der Waals surface area (Å²) in [7, 11) is 0. The molecule has 1 aliphatic carbocycles. The quantitative estimate of drug-likeness (QED) is 0.350. The highest BCUT2D eigenvalue weighted by atomic mass is 16.5. The van der Waals surface area contributed by atoms with E-state index < -0.39 is 17.6 Å². The first-order valence-electron chi connectivity index (χ1n) is 13.3. The lowest BCUT2D eigenvalue weighted by Crippen LogP contribution is -2.59. The maximum Gasteiger partial charge on any atom is 0.341 e. The highest BCUT2D eigenvalue weighted by Gasteiger charge is 2.43. The summed E-state index contributed by atoms with van der Waals surface area (Å²) in [5.41, 5.74) is 4.50. The Kier molecular flexibility index (Phi) is 10.2. The highest BCUT2D eigenvalue weighted by Crippen LogP contribution is 2.29. The number of ether oxygens (including phenoxy) is 1. The molecule has 0 spiro atoms.